The van der Waals surface area contributed by atoms with Crippen LogP contribution in [0, 0.1) is 0 Å². The lowest BCUT2D eigenvalue weighted by molar-refractivity contribution is 0.0948. The maximum atomic E-state index is 11.6. The van der Waals surface area contributed by atoms with E-state index in [1.54, 1.807) is 0 Å². The molecule has 0 fully saturated rings. The zero-order valence-corrected chi connectivity index (χ0v) is 8.84. The molecule has 2 aromatic rings. The predicted octanol–water partition coefficient (Wildman–Crippen LogP) is -0.270. The molecule has 0 unspecified atom stereocenters. The van der Waals surface area contributed by atoms with Crippen molar-refractivity contribution in [1.29, 1.82) is 0 Å². The summed E-state index contributed by atoms with van der Waals surface area (Å²) in [6.07, 6.45) is 1.74. The molecule has 2 heterocycles. The summed E-state index contributed by atoms with van der Waals surface area (Å²) >= 11 is 0. The summed E-state index contributed by atoms with van der Waals surface area (Å²) in [5.41, 5.74) is -0.0856. The van der Waals surface area contributed by atoms with E-state index in [4.69, 9.17) is 4.52 Å². The van der Waals surface area contributed by atoms with Crippen LogP contribution >= 0.6 is 0 Å². The third-order valence-electron chi connectivity index (χ3n) is 2.04. The number of carbonyl (C=O) groups is 1. The second-order valence-electron chi connectivity index (χ2n) is 3.27. The van der Waals surface area contributed by atoms with Gasteiger partial charge in [0.1, 0.15) is 5.69 Å². The number of nitrogens with zero attached hydrogens (tertiary/aromatic N) is 2. The Morgan fingerprint density at radius 2 is 2.35 bits per heavy atom. The molecule has 0 saturated heterocycles. The molecule has 0 aliphatic carbocycles. The van der Waals surface area contributed by atoms with E-state index in [2.05, 4.69) is 20.4 Å². The van der Waals surface area contributed by atoms with Gasteiger partial charge in [-0.3, -0.25) is 9.59 Å². The highest BCUT2D eigenvalue weighted by atomic mass is 16.5. The molecule has 0 saturated carbocycles. The van der Waals surface area contributed by atoms with Gasteiger partial charge in [0, 0.05) is 19.0 Å². The normalized spacial score (nSPS) is 10.1. The van der Waals surface area contributed by atoms with Gasteiger partial charge in [0.2, 0.25) is 11.4 Å². The van der Waals surface area contributed by atoms with Crippen LogP contribution in [-0.4, -0.2) is 27.6 Å². The number of pyridine rings is 1. The third-order valence-corrected chi connectivity index (χ3v) is 2.04. The number of aromatic amines is 1. The van der Waals surface area contributed by atoms with Gasteiger partial charge in [0.15, 0.2) is 6.33 Å². The van der Waals surface area contributed by atoms with Crippen LogP contribution < -0.4 is 10.9 Å². The fourth-order valence-electron chi connectivity index (χ4n) is 1.26. The largest absolute Gasteiger partial charge is 0.350 e. The summed E-state index contributed by atoms with van der Waals surface area (Å²) in [5, 5.41) is 6.07. The molecule has 0 spiro atoms. The Morgan fingerprint density at radius 1 is 1.47 bits per heavy atom. The van der Waals surface area contributed by atoms with Crippen LogP contribution in [0.5, 0.6) is 0 Å². The molecule has 2 N–H and O–H groups in total. The summed E-state index contributed by atoms with van der Waals surface area (Å²) in [6, 6.07) is 4.39. The molecule has 2 rings (SSSR count). The molecule has 2 aromatic heterocycles. The Morgan fingerprint density at radius 3 is 3.06 bits per heavy atom. The number of nitrogens with one attached hydrogen (secondary N) is 2. The van der Waals surface area contributed by atoms with Crippen molar-refractivity contribution in [2.75, 3.05) is 6.54 Å². The molecule has 0 aromatic carbocycles. The first-order chi connectivity index (χ1) is 8.25. The molecular weight excluding hydrogens is 224 g/mol. The van der Waals surface area contributed by atoms with Crippen LogP contribution in [0.15, 0.2) is 33.8 Å². The maximum absolute atomic E-state index is 11.6. The van der Waals surface area contributed by atoms with Gasteiger partial charge < -0.3 is 14.8 Å². The zero-order valence-electron chi connectivity index (χ0n) is 8.84. The number of rotatable bonds is 4. The van der Waals surface area contributed by atoms with Crippen molar-refractivity contribution in [1.82, 2.24) is 20.4 Å². The number of carbonyl (C=O) groups excluding carboxylic acids is 1. The lowest BCUT2D eigenvalue weighted by Crippen LogP contribution is -2.28. The molecule has 0 atom stereocenters. The highest BCUT2D eigenvalue weighted by Gasteiger charge is 2.06. The molecule has 88 valence electrons. The van der Waals surface area contributed by atoms with Gasteiger partial charge in [-0.05, 0) is 6.07 Å². The average molecular weight is 234 g/mol. The Balaban J connectivity index is 1.87. The summed E-state index contributed by atoms with van der Waals surface area (Å²) in [7, 11) is 0. The lowest BCUT2D eigenvalue weighted by atomic mass is 10.3. The fourth-order valence-corrected chi connectivity index (χ4v) is 1.26. The van der Waals surface area contributed by atoms with Gasteiger partial charge in [-0.15, -0.1) is 0 Å². The summed E-state index contributed by atoms with van der Waals surface area (Å²) in [5.74, 6) is 0.106. The molecular formula is C10H10N4O3. The Kier molecular flexibility index (Phi) is 3.29. The van der Waals surface area contributed by atoms with E-state index in [0.717, 1.165) is 0 Å². The molecule has 0 aliphatic rings. The van der Waals surface area contributed by atoms with Gasteiger partial charge in [-0.1, -0.05) is 11.2 Å². The van der Waals surface area contributed by atoms with E-state index in [9.17, 15) is 9.59 Å². The third kappa shape index (κ3) is 3.00. The Labute approximate surface area is 95.9 Å². The second kappa shape index (κ2) is 5.06. The highest BCUT2D eigenvalue weighted by molar-refractivity contribution is 5.92. The van der Waals surface area contributed by atoms with Crippen LogP contribution in [-0.2, 0) is 6.42 Å². The smallest absolute Gasteiger partial charge is 0.267 e. The van der Waals surface area contributed by atoms with Crippen molar-refractivity contribution in [3.63, 3.8) is 0 Å². The van der Waals surface area contributed by atoms with Crippen LogP contribution in [0.25, 0.3) is 0 Å². The minimum Gasteiger partial charge on any atom is -0.350 e. The summed E-state index contributed by atoms with van der Waals surface area (Å²) < 4.78 is 4.77. The minimum absolute atomic E-state index is 0.225. The molecule has 0 radical (unpaired) electrons. The van der Waals surface area contributed by atoms with Crippen molar-refractivity contribution in [2.45, 2.75) is 6.42 Å². The van der Waals surface area contributed by atoms with Crippen LogP contribution in [0.1, 0.15) is 16.4 Å². The molecule has 1 amide bonds. The second-order valence-corrected chi connectivity index (χ2v) is 3.27. The fraction of sp³-hybridized carbons (Fsp3) is 0.200. The van der Waals surface area contributed by atoms with E-state index in [1.807, 2.05) is 0 Å². The summed E-state index contributed by atoms with van der Waals surface area (Å²) in [4.78, 5) is 28.8. The first-order valence-electron chi connectivity index (χ1n) is 4.99. The number of hydrogen-bond acceptors (Lipinski definition) is 5. The van der Waals surface area contributed by atoms with Crippen molar-refractivity contribution in [2.24, 2.45) is 0 Å². The Bertz CT molecular complexity index is 547. The van der Waals surface area contributed by atoms with Crippen LogP contribution in [0.4, 0.5) is 0 Å². The van der Waals surface area contributed by atoms with Gasteiger partial charge >= 0.3 is 0 Å². The molecule has 0 bridgehead atoms. The SMILES string of the molecule is O=C(NCCc1ncno1)c1cccc(=O)[nH]1. The first kappa shape index (κ1) is 11.1. The van der Waals surface area contributed by atoms with Gasteiger partial charge in [-0.2, -0.15) is 4.98 Å². The molecule has 7 heteroatoms. The van der Waals surface area contributed by atoms with E-state index in [0.29, 0.717) is 18.9 Å². The van der Waals surface area contributed by atoms with E-state index < -0.39 is 0 Å². The van der Waals surface area contributed by atoms with Crippen molar-refractivity contribution >= 4 is 5.91 Å². The van der Waals surface area contributed by atoms with Crippen molar-refractivity contribution in [3.05, 3.63) is 46.5 Å². The quantitative estimate of drug-likeness (QED) is 0.758. The average Bonchev–Trinajstić information content (AvgIpc) is 2.82. The molecule has 0 aliphatic heterocycles. The van der Waals surface area contributed by atoms with Gasteiger partial charge in [-0.25, -0.2) is 0 Å². The topological polar surface area (TPSA) is 101 Å². The standard InChI is InChI=1S/C10H10N4O3/c15-8-3-1-2-7(14-8)10(16)11-5-4-9-12-6-13-17-9/h1-3,6H,4-5H2,(H,11,16)(H,14,15). The summed E-state index contributed by atoms with van der Waals surface area (Å²) in [6.45, 7) is 0.359. The number of hydrogen-bond donors (Lipinski definition) is 2. The van der Waals surface area contributed by atoms with Crippen molar-refractivity contribution in [3.8, 4) is 0 Å². The maximum Gasteiger partial charge on any atom is 0.267 e. The first-order valence-corrected chi connectivity index (χ1v) is 4.99. The molecule has 17 heavy (non-hydrogen) atoms. The van der Waals surface area contributed by atoms with E-state index in [1.165, 1.54) is 24.5 Å². The van der Waals surface area contributed by atoms with Crippen LogP contribution in [0.3, 0.4) is 0 Å². The highest BCUT2D eigenvalue weighted by Crippen LogP contribution is 1.93. The number of aromatic nitrogens is 3. The Hall–Kier alpha value is -2.44. The van der Waals surface area contributed by atoms with E-state index >= 15 is 0 Å². The predicted molar refractivity (Wildman–Crippen MR) is 57.4 cm³/mol. The van der Waals surface area contributed by atoms with Crippen LogP contribution in [0.2, 0.25) is 0 Å². The van der Waals surface area contributed by atoms with E-state index in [-0.39, 0.29) is 17.2 Å². The van der Waals surface area contributed by atoms with Gasteiger partial charge in [0.25, 0.3) is 5.91 Å². The minimum atomic E-state index is -0.345. The van der Waals surface area contributed by atoms with Gasteiger partial charge in [0.05, 0.1) is 0 Å². The zero-order chi connectivity index (χ0) is 12.1. The molecule has 7 nitrogen and oxygen atoms in total. The number of H-pyrrole nitrogens is 1. The monoisotopic (exact) mass is 234 g/mol. The lowest BCUT2D eigenvalue weighted by Gasteiger charge is -2.02. The van der Waals surface area contributed by atoms with Crippen molar-refractivity contribution < 1.29 is 9.32 Å². The number of amides is 1.